The van der Waals surface area contributed by atoms with Gasteiger partial charge in [-0.1, -0.05) is 12.1 Å². The standard InChI is InChI=1S/C11H9ClFNO/c1-7(12)11-14-6-10(15-11)8-3-2-4-9(13)5-8/h2-7H,1H3. The first-order valence-electron chi connectivity index (χ1n) is 4.52. The Bertz CT molecular complexity index is 467. The van der Waals surface area contributed by atoms with Crippen molar-refractivity contribution in [1.82, 2.24) is 4.98 Å². The lowest BCUT2D eigenvalue weighted by molar-refractivity contribution is 0.507. The SMILES string of the molecule is CC(Cl)c1ncc(-c2cccc(F)c2)o1. The van der Waals surface area contributed by atoms with Gasteiger partial charge in [0.05, 0.1) is 6.20 Å². The Morgan fingerprint density at radius 3 is 2.87 bits per heavy atom. The molecule has 1 heterocycles. The van der Waals surface area contributed by atoms with Gasteiger partial charge in [-0.05, 0) is 19.1 Å². The van der Waals surface area contributed by atoms with E-state index in [9.17, 15) is 4.39 Å². The van der Waals surface area contributed by atoms with Crippen molar-refractivity contribution in [2.24, 2.45) is 0 Å². The summed E-state index contributed by atoms with van der Waals surface area (Å²) in [7, 11) is 0. The fraction of sp³-hybridized carbons (Fsp3) is 0.182. The van der Waals surface area contributed by atoms with Crippen molar-refractivity contribution in [3.05, 3.63) is 42.2 Å². The maximum absolute atomic E-state index is 12.9. The molecule has 2 nitrogen and oxygen atoms in total. The Kier molecular flexibility index (Phi) is 2.73. The average Bonchev–Trinajstić information content (AvgIpc) is 2.66. The number of hydrogen-bond acceptors (Lipinski definition) is 2. The van der Waals surface area contributed by atoms with Gasteiger partial charge in [0.1, 0.15) is 11.2 Å². The summed E-state index contributed by atoms with van der Waals surface area (Å²) in [5.74, 6) is 0.664. The van der Waals surface area contributed by atoms with Gasteiger partial charge in [-0.3, -0.25) is 0 Å². The summed E-state index contributed by atoms with van der Waals surface area (Å²) in [5.41, 5.74) is 0.658. The quantitative estimate of drug-likeness (QED) is 0.727. The van der Waals surface area contributed by atoms with E-state index in [4.69, 9.17) is 16.0 Å². The average molecular weight is 226 g/mol. The maximum atomic E-state index is 12.9. The number of alkyl halides is 1. The Labute approximate surface area is 91.7 Å². The number of oxazole rings is 1. The predicted octanol–water partition coefficient (Wildman–Crippen LogP) is 3.78. The van der Waals surface area contributed by atoms with Crippen molar-refractivity contribution in [2.75, 3.05) is 0 Å². The van der Waals surface area contributed by atoms with Gasteiger partial charge >= 0.3 is 0 Å². The first-order chi connectivity index (χ1) is 7.16. The Hall–Kier alpha value is -1.35. The molecule has 0 saturated carbocycles. The van der Waals surface area contributed by atoms with Crippen molar-refractivity contribution in [3.8, 4) is 11.3 Å². The van der Waals surface area contributed by atoms with Crippen LogP contribution in [0.3, 0.4) is 0 Å². The fourth-order valence-corrected chi connectivity index (χ4v) is 1.35. The number of benzene rings is 1. The summed E-state index contributed by atoms with van der Waals surface area (Å²) in [6.07, 6.45) is 1.54. The van der Waals surface area contributed by atoms with Crippen LogP contribution in [0.1, 0.15) is 18.2 Å². The molecule has 0 aliphatic rings. The summed E-state index contributed by atoms with van der Waals surface area (Å²) in [5, 5.41) is -0.285. The summed E-state index contributed by atoms with van der Waals surface area (Å²) >= 11 is 5.80. The molecular formula is C11H9ClFNO. The third-order valence-electron chi connectivity index (χ3n) is 1.97. The molecule has 2 rings (SSSR count). The van der Waals surface area contributed by atoms with E-state index in [-0.39, 0.29) is 11.2 Å². The Morgan fingerprint density at radius 1 is 1.47 bits per heavy atom. The van der Waals surface area contributed by atoms with Gasteiger partial charge in [0.25, 0.3) is 0 Å². The van der Waals surface area contributed by atoms with Crippen LogP contribution < -0.4 is 0 Å². The van der Waals surface area contributed by atoms with Crippen molar-refractivity contribution in [3.63, 3.8) is 0 Å². The minimum absolute atomic E-state index is 0.285. The topological polar surface area (TPSA) is 26.0 Å². The zero-order valence-electron chi connectivity index (χ0n) is 8.08. The second-order valence-electron chi connectivity index (χ2n) is 3.19. The van der Waals surface area contributed by atoms with E-state index in [2.05, 4.69) is 4.98 Å². The highest BCUT2D eigenvalue weighted by molar-refractivity contribution is 6.20. The lowest BCUT2D eigenvalue weighted by atomic mass is 10.2. The minimum atomic E-state index is -0.302. The van der Waals surface area contributed by atoms with E-state index in [0.29, 0.717) is 17.2 Å². The molecule has 0 N–H and O–H groups in total. The van der Waals surface area contributed by atoms with Crippen LogP contribution in [0.5, 0.6) is 0 Å². The summed E-state index contributed by atoms with van der Waals surface area (Å²) in [6.45, 7) is 1.77. The number of nitrogens with zero attached hydrogens (tertiary/aromatic N) is 1. The molecule has 1 atom stereocenters. The zero-order valence-corrected chi connectivity index (χ0v) is 8.83. The highest BCUT2D eigenvalue weighted by atomic mass is 35.5. The highest BCUT2D eigenvalue weighted by Crippen LogP contribution is 2.25. The molecule has 0 aliphatic heterocycles. The maximum Gasteiger partial charge on any atom is 0.212 e. The van der Waals surface area contributed by atoms with E-state index < -0.39 is 0 Å². The van der Waals surface area contributed by atoms with Gasteiger partial charge in [0, 0.05) is 5.56 Å². The molecule has 2 aromatic rings. The van der Waals surface area contributed by atoms with Gasteiger partial charge in [-0.15, -0.1) is 11.6 Å². The fourth-order valence-electron chi connectivity index (χ4n) is 1.25. The van der Waals surface area contributed by atoms with Crippen LogP contribution in [0.15, 0.2) is 34.9 Å². The molecular weight excluding hydrogens is 217 g/mol. The smallest absolute Gasteiger partial charge is 0.212 e. The normalized spacial score (nSPS) is 12.7. The van der Waals surface area contributed by atoms with Gasteiger partial charge < -0.3 is 4.42 Å². The summed E-state index contributed by atoms with van der Waals surface area (Å²) < 4.78 is 18.3. The monoisotopic (exact) mass is 225 g/mol. The predicted molar refractivity (Wildman–Crippen MR) is 56.2 cm³/mol. The van der Waals surface area contributed by atoms with E-state index >= 15 is 0 Å². The van der Waals surface area contributed by atoms with Crippen molar-refractivity contribution >= 4 is 11.6 Å². The van der Waals surface area contributed by atoms with Gasteiger partial charge in [0.2, 0.25) is 5.89 Å². The van der Waals surface area contributed by atoms with Crippen LogP contribution >= 0.6 is 11.6 Å². The molecule has 1 aromatic carbocycles. The van der Waals surface area contributed by atoms with Crippen LogP contribution in [-0.2, 0) is 0 Å². The summed E-state index contributed by atoms with van der Waals surface area (Å²) in [6, 6.07) is 6.15. The van der Waals surface area contributed by atoms with Gasteiger partial charge in [-0.25, -0.2) is 9.37 Å². The molecule has 78 valence electrons. The van der Waals surface area contributed by atoms with Crippen LogP contribution in [0.4, 0.5) is 4.39 Å². The first-order valence-corrected chi connectivity index (χ1v) is 4.96. The molecule has 0 amide bonds. The molecule has 4 heteroatoms. The minimum Gasteiger partial charge on any atom is -0.439 e. The zero-order chi connectivity index (χ0) is 10.8. The molecule has 0 radical (unpaired) electrons. The van der Waals surface area contributed by atoms with Gasteiger partial charge in [-0.2, -0.15) is 0 Å². The van der Waals surface area contributed by atoms with Crippen molar-refractivity contribution < 1.29 is 8.81 Å². The number of hydrogen-bond donors (Lipinski definition) is 0. The Balaban J connectivity index is 2.37. The van der Waals surface area contributed by atoms with Crippen molar-refractivity contribution in [1.29, 1.82) is 0 Å². The molecule has 0 aliphatic carbocycles. The Morgan fingerprint density at radius 2 is 2.27 bits per heavy atom. The molecule has 1 aromatic heterocycles. The molecule has 15 heavy (non-hydrogen) atoms. The van der Waals surface area contributed by atoms with E-state index in [1.165, 1.54) is 12.1 Å². The first kappa shape index (κ1) is 10.2. The van der Waals surface area contributed by atoms with Gasteiger partial charge in [0.15, 0.2) is 5.76 Å². The lowest BCUT2D eigenvalue weighted by Gasteiger charge is -1.97. The third-order valence-corrected chi connectivity index (χ3v) is 2.16. The van der Waals surface area contributed by atoms with Crippen molar-refractivity contribution in [2.45, 2.75) is 12.3 Å². The van der Waals surface area contributed by atoms with E-state index in [0.717, 1.165) is 0 Å². The van der Waals surface area contributed by atoms with Crippen LogP contribution in [-0.4, -0.2) is 4.98 Å². The van der Waals surface area contributed by atoms with Crippen LogP contribution in [0.2, 0.25) is 0 Å². The lowest BCUT2D eigenvalue weighted by Crippen LogP contribution is -1.81. The third kappa shape index (κ3) is 2.18. The molecule has 0 spiro atoms. The largest absolute Gasteiger partial charge is 0.439 e. The summed E-state index contributed by atoms with van der Waals surface area (Å²) in [4.78, 5) is 4.00. The van der Waals surface area contributed by atoms with Crippen LogP contribution in [0, 0.1) is 5.82 Å². The number of rotatable bonds is 2. The molecule has 0 saturated heterocycles. The second-order valence-corrected chi connectivity index (χ2v) is 3.84. The second kappa shape index (κ2) is 4.03. The molecule has 0 fully saturated rings. The molecule has 1 unspecified atom stereocenters. The van der Waals surface area contributed by atoms with E-state index in [1.54, 1.807) is 25.3 Å². The highest BCUT2D eigenvalue weighted by Gasteiger charge is 2.10. The number of aromatic nitrogens is 1. The number of halogens is 2. The molecule has 0 bridgehead atoms. The van der Waals surface area contributed by atoms with E-state index in [1.807, 2.05) is 0 Å². The van der Waals surface area contributed by atoms with Crippen LogP contribution in [0.25, 0.3) is 11.3 Å².